The number of anilines is 1. The van der Waals surface area contributed by atoms with Gasteiger partial charge in [0, 0.05) is 46.5 Å². The van der Waals surface area contributed by atoms with Crippen molar-refractivity contribution in [2.24, 2.45) is 16.8 Å². The van der Waals surface area contributed by atoms with E-state index < -0.39 is 0 Å². The molecule has 2 aliphatic rings. The van der Waals surface area contributed by atoms with Crippen molar-refractivity contribution in [3.63, 3.8) is 0 Å². The number of thioether (sulfide) groups is 1. The number of piperidine rings is 1. The van der Waals surface area contributed by atoms with Crippen molar-refractivity contribution in [3.05, 3.63) is 48.0 Å². The molecule has 0 saturated carbocycles. The van der Waals surface area contributed by atoms with E-state index >= 15 is 0 Å². The minimum absolute atomic E-state index is 0.00903. The highest BCUT2D eigenvalue weighted by atomic mass is 32.2. The summed E-state index contributed by atoms with van der Waals surface area (Å²) in [5.41, 5.74) is 6.66. The van der Waals surface area contributed by atoms with Gasteiger partial charge in [-0.05, 0) is 48.4 Å². The van der Waals surface area contributed by atoms with Crippen molar-refractivity contribution in [3.8, 4) is 11.1 Å². The van der Waals surface area contributed by atoms with Gasteiger partial charge >= 0.3 is 0 Å². The molecule has 6 nitrogen and oxygen atoms in total. The number of aliphatic imine (C=N–C) groups is 1. The molecule has 1 saturated heterocycles. The molecule has 0 spiro atoms. The van der Waals surface area contributed by atoms with E-state index in [0.717, 1.165) is 75.9 Å². The maximum atomic E-state index is 14.9. The fourth-order valence-electron chi connectivity index (χ4n) is 4.81. The lowest BCUT2D eigenvalue weighted by molar-refractivity contribution is 0.134. The monoisotopic (exact) mass is 511 g/mol. The zero-order valence-electron chi connectivity index (χ0n) is 20.2. The zero-order valence-corrected chi connectivity index (χ0v) is 21.9. The Balaban J connectivity index is 1.42. The molecule has 1 fully saturated rings. The Morgan fingerprint density at radius 2 is 2.00 bits per heavy atom. The normalized spacial score (nSPS) is 18.9. The fraction of sp³-hybridized carbons (Fsp3) is 0.423. The lowest BCUT2D eigenvalue weighted by Crippen LogP contribution is -2.41. The van der Waals surface area contributed by atoms with Crippen LogP contribution in [0, 0.1) is 17.7 Å². The number of fused-ring (bicyclic) bond motifs is 1. The molecule has 0 radical (unpaired) electrons. The number of nitrogens with one attached hydrogen (secondary N) is 1. The van der Waals surface area contributed by atoms with Crippen LogP contribution in [-0.2, 0) is 10.6 Å². The van der Waals surface area contributed by atoms with Crippen LogP contribution in [0.5, 0.6) is 0 Å². The Morgan fingerprint density at radius 3 is 2.69 bits per heavy atom. The summed E-state index contributed by atoms with van der Waals surface area (Å²) in [6.07, 6.45) is 5.54. The first-order valence-corrected chi connectivity index (χ1v) is 13.8. The Morgan fingerprint density at radius 1 is 1.20 bits per heavy atom. The number of halogens is 1. The molecule has 9 heteroatoms. The van der Waals surface area contributed by atoms with Gasteiger partial charge in [0.1, 0.15) is 24.1 Å². The summed E-state index contributed by atoms with van der Waals surface area (Å²) in [6.45, 7) is 5.79. The standard InChI is InChI=1S/C26H30FN5OS2/c1-15(2)26-30-24(31-33-26)16-6-8-32(9-7-16)25-21-12-19(27)11-20(23(21)28-14-29-25)17-4-5-18(13-35-3)22(34)10-17/h4-5,10-12,14-16,24,31,34H,6-9,13H2,1-3H3. The maximum absolute atomic E-state index is 14.9. The summed E-state index contributed by atoms with van der Waals surface area (Å²) in [5, 5.41) is 0.734. The first kappa shape index (κ1) is 24.3. The average molecular weight is 512 g/mol. The van der Waals surface area contributed by atoms with E-state index in [4.69, 9.17) is 9.83 Å². The lowest BCUT2D eigenvalue weighted by atomic mass is 9.93. The molecule has 5 rings (SSSR count). The van der Waals surface area contributed by atoms with Crippen molar-refractivity contribution < 1.29 is 9.23 Å². The Labute approximate surface area is 215 Å². The van der Waals surface area contributed by atoms with E-state index in [9.17, 15) is 4.39 Å². The number of aromatic nitrogens is 2. The van der Waals surface area contributed by atoms with Crippen LogP contribution in [0.1, 0.15) is 32.3 Å². The van der Waals surface area contributed by atoms with Crippen LogP contribution in [-0.4, -0.2) is 41.4 Å². The van der Waals surface area contributed by atoms with Gasteiger partial charge in [-0.25, -0.2) is 19.4 Å². The van der Waals surface area contributed by atoms with E-state index in [1.54, 1.807) is 30.2 Å². The first-order valence-electron chi connectivity index (χ1n) is 11.9. The van der Waals surface area contributed by atoms with E-state index in [0.29, 0.717) is 5.92 Å². The summed E-state index contributed by atoms with van der Waals surface area (Å²) in [5.74, 6) is 2.79. The first-order chi connectivity index (χ1) is 16.9. The van der Waals surface area contributed by atoms with Crippen LogP contribution in [0.2, 0.25) is 0 Å². The third-order valence-corrected chi connectivity index (χ3v) is 7.72. The van der Waals surface area contributed by atoms with Gasteiger partial charge in [0.15, 0.2) is 0 Å². The minimum Gasteiger partial charge on any atom is -0.391 e. The molecule has 35 heavy (non-hydrogen) atoms. The summed E-state index contributed by atoms with van der Waals surface area (Å²) < 4.78 is 14.9. The summed E-state index contributed by atoms with van der Waals surface area (Å²) >= 11 is 6.42. The smallest absolute Gasteiger partial charge is 0.213 e. The number of hydrogen-bond acceptors (Lipinski definition) is 8. The third-order valence-electron chi connectivity index (χ3n) is 6.71. The van der Waals surface area contributed by atoms with E-state index in [-0.39, 0.29) is 17.9 Å². The van der Waals surface area contributed by atoms with Crippen LogP contribution < -0.4 is 10.4 Å². The van der Waals surface area contributed by atoms with Crippen molar-refractivity contribution in [1.82, 2.24) is 15.4 Å². The summed E-state index contributed by atoms with van der Waals surface area (Å²) in [7, 11) is 0. The number of rotatable bonds is 6. The number of hydroxylamine groups is 1. The number of thiol groups is 1. The SMILES string of the molecule is CSCc1ccc(-c2cc(F)cc3c(N4CCC(C5N=C(C(C)C)ON5)CC4)ncnc23)cc1S. The van der Waals surface area contributed by atoms with E-state index in [2.05, 4.69) is 59.1 Å². The molecule has 2 aliphatic heterocycles. The minimum atomic E-state index is -0.296. The van der Waals surface area contributed by atoms with Gasteiger partial charge in [0.05, 0.1) is 5.52 Å². The highest BCUT2D eigenvalue weighted by molar-refractivity contribution is 7.97. The van der Waals surface area contributed by atoms with Crippen molar-refractivity contribution in [2.75, 3.05) is 24.2 Å². The van der Waals surface area contributed by atoms with Gasteiger partial charge in [0.25, 0.3) is 0 Å². The largest absolute Gasteiger partial charge is 0.391 e. The van der Waals surface area contributed by atoms with Crippen LogP contribution in [0.25, 0.3) is 22.0 Å². The number of nitrogens with zero attached hydrogens (tertiary/aromatic N) is 4. The second-order valence-corrected chi connectivity index (χ2v) is 10.8. The van der Waals surface area contributed by atoms with Crippen LogP contribution in [0.3, 0.4) is 0 Å². The molecule has 1 N–H and O–H groups in total. The predicted molar refractivity (Wildman–Crippen MR) is 145 cm³/mol. The number of benzene rings is 2. The van der Waals surface area contributed by atoms with Gasteiger partial charge in [-0.3, -0.25) is 0 Å². The van der Waals surface area contributed by atoms with Gasteiger partial charge in [-0.2, -0.15) is 11.8 Å². The average Bonchev–Trinajstić information content (AvgIpc) is 3.36. The Bertz CT molecular complexity index is 1260. The van der Waals surface area contributed by atoms with Gasteiger partial charge in [0.2, 0.25) is 5.90 Å². The molecule has 2 aromatic carbocycles. The molecule has 3 aromatic rings. The molecular weight excluding hydrogens is 481 g/mol. The molecule has 184 valence electrons. The van der Waals surface area contributed by atoms with Crippen molar-refractivity contribution in [2.45, 2.75) is 43.5 Å². The van der Waals surface area contributed by atoms with Crippen LogP contribution in [0.4, 0.5) is 10.2 Å². The van der Waals surface area contributed by atoms with Crippen LogP contribution in [0.15, 0.2) is 46.5 Å². The second-order valence-electron chi connectivity index (χ2n) is 9.43. The third kappa shape index (κ3) is 4.99. The molecule has 0 bridgehead atoms. The molecule has 3 heterocycles. The Kier molecular flexibility index (Phi) is 7.18. The maximum Gasteiger partial charge on any atom is 0.213 e. The molecule has 1 unspecified atom stereocenters. The fourth-order valence-corrected chi connectivity index (χ4v) is 5.77. The zero-order chi connectivity index (χ0) is 24.5. The molecule has 1 aromatic heterocycles. The van der Waals surface area contributed by atoms with Crippen LogP contribution >= 0.6 is 24.4 Å². The molecular formula is C26H30FN5OS2. The quantitative estimate of drug-likeness (QED) is 0.413. The van der Waals surface area contributed by atoms with Gasteiger partial charge in [-0.1, -0.05) is 26.0 Å². The summed E-state index contributed by atoms with van der Waals surface area (Å²) in [6, 6.07) is 9.19. The second kappa shape index (κ2) is 10.3. The summed E-state index contributed by atoms with van der Waals surface area (Å²) in [4.78, 5) is 22.6. The topological polar surface area (TPSA) is 62.6 Å². The van der Waals surface area contributed by atoms with Gasteiger partial charge < -0.3 is 9.74 Å². The van der Waals surface area contributed by atoms with Crippen molar-refractivity contribution >= 4 is 47.0 Å². The van der Waals surface area contributed by atoms with E-state index in [1.807, 2.05) is 12.1 Å². The van der Waals surface area contributed by atoms with Gasteiger partial charge in [-0.15, -0.1) is 18.1 Å². The molecule has 1 atom stereocenters. The number of hydrogen-bond donors (Lipinski definition) is 2. The van der Waals surface area contributed by atoms with E-state index in [1.165, 1.54) is 0 Å². The highest BCUT2D eigenvalue weighted by Gasteiger charge is 2.32. The van der Waals surface area contributed by atoms with Crippen molar-refractivity contribution in [1.29, 1.82) is 0 Å². The Hall–Kier alpha value is -2.36. The molecule has 0 aliphatic carbocycles. The lowest BCUT2D eigenvalue weighted by Gasteiger charge is -2.34. The predicted octanol–water partition coefficient (Wildman–Crippen LogP) is 5.72. The highest BCUT2D eigenvalue weighted by Crippen LogP contribution is 2.36. The molecule has 0 amide bonds.